The van der Waals surface area contributed by atoms with Crippen molar-refractivity contribution in [3.8, 4) is 0 Å². The lowest BCUT2D eigenvalue weighted by molar-refractivity contribution is -0.119. The molecule has 0 bridgehead atoms. The van der Waals surface area contributed by atoms with Crippen LogP contribution in [0, 0.1) is 5.92 Å². The molecule has 1 aliphatic rings. The maximum atomic E-state index is 12.2. The van der Waals surface area contributed by atoms with Gasteiger partial charge >= 0.3 is 0 Å². The predicted octanol–water partition coefficient (Wildman–Crippen LogP) is 2.59. The monoisotopic (exact) mass is 232 g/mol. The van der Waals surface area contributed by atoms with E-state index in [1.807, 2.05) is 17.0 Å². The van der Waals surface area contributed by atoms with E-state index >= 15 is 0 Å². The zero-order valence-corrected chi connectivity index (χ0v) is 10.6. The van der Waals surface area contributed by atoms with Gasteiger partial charge in [-0.15, -0.1) is 0 Å². The number of anilines is 2. The number of rotatable bonds is 2. The summed E-state index contributed by atoms with van der Waals surface area (Å²) < 4.78 is 0. The van der Waals surface area contributed by atoms with Gasteiger partial charge in [0, 0.05) is 13.0 Å². The number of hydrogen-bond acceptors (Lipinski definition) is 2. The van der Waals surface area contributed by atoms with Gasteiger partial charge in [0.25, 0.3) is 0 Å². The number of carbonyl (C=O) groups is 1. The van der Waals surface area contributed by atoms with Crippen LogP contribution < -0.4 is 10.6 Å². The molecule has 2 N–H and O–H groups in total. The Bertz CT molecular complexity index is 426. The van der Waals surface area contributed by atoms with Crippen molar-refractivity contribution >= 4 is 17.3 Å². The van der Waals surface area contributed by atoms with Crippen molar-refractivity contribution < 1.29 is 4.79 Å². The van der Waals surface area contributed by atoms with E-state index < -0.39 is 0 Å². The molecular weight excluding hydrogens is 212 g/mol. The second-order valence-electron chi connectivity index (χ2n) is 5.10. The highest BCUT2D eigenvalue weighted by Gasteiger charge is 2.24. The minimum absolute atomic E-state index is 0.193. The summed E-state index contributed by atoms with van der Waals surface area (Å²) in [5.74, 6) is 0.580. The number of nitrogens with two attached hydrogens (primary N) is 1. The molecule has 2 rings (SSSR count). The topological polar surface area (TPSA) is 46.3 Å². The molecule has 1 aromatic rings. The molecule has 1 amide bonds. The second-order valence-corrected chi connectivity index (χ2v) is 5.10. The van der Waals surface area contributed by atoms with Crippen LogP contribution >= 0.6 is 0 Å². The smallest absolute Gasteiger partial charge is 0.227 e. The van der Waals surface area contributed by atoms with Crippen LogP contribution in [0.5, 0.6) is 0 Å². The molecule has 92 valence electrons. The fourth-order valence-corrected chi connectivity index (χ4v) is 2.39. The molecule has 3 nitrogen and oxygen atoms in total. The lowest BCUT2D eigenvalue weighted by Gasteiger charge is -2.31. The standard InChI is InChI=1S/C14H20N2O/c1-10(2)9-13(17)16-8-4-6-11-5-3-7-12(15)14(11)16/h3,5,7,10H,4,6,8-9,15H2,1-2H3. The molecule has 1 heterocycles. The van der Waals surface area contributed by atoms with Crippen molar-refractivity contribution in [3.63, 3.8) is 0 Å². The molecule has 0 radical (unpaired) electrons. The third-order valence-electron chi connectivity index (χ3n) is 3.13. The average Bonchev–Trinajstić information content (AvgIpc) is 2.28. The fraction of sp³-hybridized carbons (Fsp3) is 0.500. The van der Waals surface area contributed by atoms with Gasteiger partial charge in [-0.2, -0.15) is 0 Å². The van der Waals surface area contributed by atoms with E-state index in [-0.39, 0.29) is 5.91 Å². The summed E-state index contributed by atoms with van der Waals surface area (Å²) in [6.07, 6.45) is 2.64. The van der Waals surface area contributed by atoms with E-state index in [0.29, 0.717) is 12.3 Å². The highest BCUT2D eigenvalue weighted by atomic mass is 16.2. The van der Waals surface area contributed by atoms with Crippen LogP contribution in [0.15, 0.2) is 18.2 Å². The first kappa shape index (κ1) is 12.0. The van der Waals surface area contributed by atoms with Crippen molar-refractivity contribution in [2.75, 3.05) is 17.2 Å². The minimum Gasteiger partial charge on any atom is -0.397 e. The zero-order valence-electron chi connectivity index (χ0n) is 10.6. The first-order chi connectivity index (χ1) is 8.09. The lowest BCUT2D eigenvalue weighted by atomic mass is 9.99. The third-order valence-corrected chi connectivity index (χ3v) is 3.13. The van der Waals surface area contributed by atoms with Gasteiger partial charge in [0.2, 0.25) is 5.91 Å². The van der Waals surface area contributed by atoms with Crippen LogP contribution in [-0.2, 0) is 11.2 Å². The van der Waals surface area contributed by atoms with E-state index in [4.69, 9.17) is 5.73 Å². The van der Waals surface area contributed by atoms with Gasteiger partial charge in [-0.1, -0.05) is 26.0 Å². The molecular formula is C14H20N2O. The minimum atomic E-state index is 0.193. The van der Waals surface area contributed by atoms with Crippen LogP contribution in [-0.4, -0.2) is 12.5 Å². The van der Waals surface area contributed by atoms with Gasteiger partial charge in [0.15, 0.2) is 0 Å². The number of para-hydroxylation sites is 1. The van der Waals surface area contributed by atoms with Crippen molar-refractivity contribution in [3.05, 3.63) is 23.8 Å². The number of nitrogens with zero attached hydrogens (tertiary/aromatic N) is 1. The first-order valence-electron chi connectivity index (χ1n) is 6.27. The fourth-order valence-electron chi connectivity index (χ4n) is 2.39. The molecule has 0 unspecified atom stereocenters. The number of benzene rings is 1. The maximum absolute atomic E-state index is 12.2. The van der Waals surface area contributed by atoms with Crippen molar-refractivity contribution in [1.82, 2.24) is 0 Å². The summed E-state index contributed by atoms with van der Waals surface area (Å²) >= 11 is 0. The zero-order chi connectivity index (χ0) is 12.4. The number of nitrogen functional groups attached to an aromatic ring is 1. The summed E-state index contributed by atoms with van der Waals surface area (Å²) in [6.45, 7) is 4.93. The van der Waals surface area contributed by atoms with Crippen LogP contribution in [0.25, 0.3) is 0 Å². The van der Waals surface area contributed by atoms with E-state index in [1.54, 1.807) is 0 Å². The normalized spacial score (nSPS) is 14.9. The lowest BCUT2D eigenvalue weighted by Crippen LogP contribution is -2.36. The Hall–Kier alpha value is -1.51. The Kier molecular flexibility index (Phi) is 3.36. The number of amides is 1. The molecule has 3 heteroatoms. The molecule has 0 atom stereocenters. The number of fused-ring (bicyclic) bond motifs is 1. The van der Waals surface area contributed by atoms with Crippen molar-refractivity contribution in [2.45, 2.75) is 33.1 Å². The largest absolute Gasteiger partial charge is 0.397 e. The third kappa shape index (κ3) is 2.43. The highest BCUT2D eigenvalue weighted by Crippen LogP contribution is 2.33. The molecule has 0 aliphatic carbocycles. The summed E-state index contributed by atoms with van der Waals surface area (Å²) in [7, 11) is 0. The molecule has 17 heavy (non-hydrogen) atoms. The van der Waals surface area contributed by atoms with Crippen LogP contribution in [0.4, 0.5) is 11.4 Å². The van der Waals surface area contributed by atoms with Gasteiger partial charge < -0.3 is 10.6 Å². The van der Waals surface area contributed by atoms with E-state index in [2.05, 4.69) is 19.9 Å². The second kappa shape index (κ2) is 4.78. The summed E-state index contributed by atoms with van der Waals surface area (Å²) in [5, 5.41) is 0. The quantitative estimate of drug-likeness (QED) is 0.797. The SMILES string of the molecule is CC(C)CC(=O)N1CCCc2cccc(N)c21. The average molecular weight is 232 g/mol. The van der Waals surface area contributed by atoms with E-state index in [1.165, 1.54) is 5.56 Å². The van der Waals surface area contributed by atoms with Crippen molar-refractivity contribution in [1.29, 1.82) is 0 Å². The molecule has 0 spiro atoms. The Balaban J connectivity index is 2.31. The number of aryl methyl sites for hydroxylation is 1. The van der Waals surface area contributed by atoms with Crippen LogP contribution in [0.3, 0.4) is 0 Å². The van der Waals surface area contributed by atoms with Crippen molar-refractivity contribution in [2.24, 2.45) is 5.92 Å². The summed E-state index contributed by atoms with van der Waals surface area (Å²) in [4.78, 5) is 14.1. The number of carbonyl (C=O) groups excluding carboxylic acids is 1. The van der Waals surface area contributed by atoms with Gasteiger partial charge in [0.05, 0.1) is 11.4 Å². The van der Waals surface area contributed by atoms with E-state index in [9.17, 15) is 4.79 Å². The Labute approximate surface area is 103 Å². The molecule has 0 fully saturated rings. The highest BCUT2D eigenvalue weighted by molar-refractivity contribution is 5.97. The molecule has 0 saturated heterocycles. The number of hydrogen-bond donors (Lipinski definition) is 1. The van der Waals surface area contributed by atoms with Gasteiger partial charge in [-0.3, -0.25) is 4.79 Å². The van der Waals surface area contributed by atoms with Crippen LogP contribution in [0.2, 0.25) is 0 Å². The molecule has 1 aliphatic heterocycles. The molecule has 0 saturated carbocycles. The Morgan fingerprint density at radius 2 is 2.24 bits per heavy atom. The molecule has 1 aromatic carbocycles. The van der Waals surface area contributed by atoms with E-state index in [0.717, 1.165) is 30.8 Å². The predicted molar refractivity (Wildman–Crippen MR) is 71.0 cm³/mol. The Morgan fingerprint density at radius 1 is 1.47 bits per heavy atom. The maximum Gasteiger partial charge on any atom is 0.227 e. The van der Waals surface area contributed by atoms with Crippen LogP contribution in [0.1, 0.15) is 32.3 Å². The molecule has 0 aromatic heterocycles. The van der Waals surface area contributed by atoms with Gasteiger partial charge in [0.1, 0.15) is 0 Å². The summed E-state index contributed by atoms with van der Waals surface area (Å²) in [6, 6.07) is 5.91. The Morgan fingerprint density at radius 3 is 2.94 bits per heavy atom. The summed E-state index contributed by atoms with van der Waals surface area (Å²) in [5.41, 5.74) is 8.88. The first-order valence-corrected chi connectivity index (χ1v) is 6.27. The van der Waals surface area contributed by atoms with Gasteiger partial charge in [-0.25, -0.2) is 0 Å². The van der Waals surface area contributed by atoms with Gasteiger partial charge in [-0.05, 0) is 30.4 Å².